The third kappa shape index (κ3) is 3.34. The van der Waals surface area contributed by atoms with Crippen LogP contribution in [0.1, 0.15) is 11.3 Å². The van der Waals surface area contributed by atoms with Gasteiger partial charge in [-0.3, -0.25) is 0 Å². The average Bonchev–Trinajstić information content (AvgIpc) is 2.37. The zero-order valence-corrected chi connectivity index (χ0v) is 11.0. The summed E-state index contributed by atoms with van der Waals surface area (Å²) in [5, 5.41) is 3.61. The Hall–Kier alpha value is -1.81. The van der Waals surface area contributed by atoms with E-state index in [9.17, 15) is 0 Å². The Kier molecular flexibility index (Phi) is 3.99. The number of aryl methyl sites for hydroxylation is 1. The first-order chi connectivity index (χ1) is 8.67. The maximum absolute atomic E-state index is 5.82. The Morgan fingerprint density at radius 2 is 1.94 bits per heavy atom. The molecule has 0 unspecified atom stereocenters. The Bertz CT molecular complexity index is 528. The lowest BCUT2D eigenvalue weighted by Crippen LogP contribution is -2.02. The molecular weight excluding hydrogens is 250 g/mol. The van der Waals surface area contributed by atoms with Gasteiger partial charge in [0.1, 0.15) is 6.61 Å². The molecule has 1 N–H and O–H groups in total. The van der Waals surface area contributed by atoms with Gasteiger partial charge in [-0.15, -0.1) is 0 Å². The summed E-state index contributed by atoms with van der Waals surface area (Å²) in [6, 6.07) is 9.33. The maximum atomic E-state index is 5.82. The molecule has 2 rings (SSSR count). The lowest BCUT2D eigenvalue weighted by Gasteiger charge is -2.07. The highest BCUT2D eigenvalue weighted by molar-refractivity contribution is 6.30. The molecule has 1 heterocycles. The van der Waals surface area contributed by atoms with Crippen LogP contribution in [-0.4, -0.2) is 17.0 Å². The topological polar surface area (TPSA) is 47.0 Å². The first kappa shape index (κ1) is 12.6. The van der Waals surface area contributed by atoms with Gasteiger partial charge in [0.05, 0.1) is 0 Å². The predicted octanol–water partition coefficient (Wildman–Crippen LogP) is 3.06. The van der Waals surface area contributed by atoms with E-state index in [2.05, 4.69) is 15.3 Å². The molecule has 2 aromatic rings. The fourth-order valence-electron chi connectivity index (χ4n) is 1.46. The molecule has 94 valence electrons. The highest BCUT2D eigenvalue weighted by Crippen LogP contribution is 2.15. The number of rotatable bonds is 4. The Balaban J connectivity index is 2.05. The van der Waals surface area contributed by atoms with Crippen LogP contribution < -0.4 is 10.1 Å². The summed E-state index contributed by atoms with van der Waals surface area (Å²) < 4.78 is 5.62. The Morgan fingerprint density at radius 3 is 2.61 bits per heavy atom. The van der Waals surface area contributed by atoms with Crippen LogP contribution in [-0.2, 0) is 6.61 Å². The van der Waals surface area contributed by atoms with Crippen molar-refractivity contribution in [2.75, 3.05) is 12.4 Å². The molecule has 0 aliphatic rings. The average molecular weight is 264 g/mol. The SMILES string of the molecule is CNc1nc(C)cc(OCc2ccc(Cl)cc2)n1. The number of benzene rings is 1. The minimum atomic E-state index is 0.455. The summed E-state index contributed by atoms with van der Waals surface area (Å²) in [6.07, 6.45) is 0. The van der Waals surface area contributed by atoms with Crippen LogP contribution in [0.3, 0.4) is 0 Å². The molecule has 0 amide bonds. The second-order valence-electron chi connectivity index (χ2n) is 3.84. The summed E-state index contributed by atoms with van der Waals surface area (Å²) in [6.45, 7) is 2.36. The van der Waals surface area contributed by atoms with Gasteiger partial charge in [0.2, 0.25) is 11.8 Å². The largest absolute Gasteiger partial charge is 0.473 e. The molecule has 0 aliphatic carbocycles. The molecule has 4 nitrogen and oxygen atoms in total. The Morgan fingerprint density at radius 1 is 1.22 bits per heavy atom. The number of hydrogen-bond donors (Lipinski definition) is 1. The van der Waals surface area contributed by atoms with Crippen LogP contribution in [0.4, 0.5) is 5.95 Å². The van der Waals surface area contributed by atoms with Gasteiger partial charge in [-0.05, 0) is 24.6 Å². The van der Waals surface area contributed by atoms with Crippen molar-refractivity contribution in [1.82, 2.24) is 9.97 Å². The molecular formula is C13H14ClN3O. The molecule has 5 heteroatoms. The second kappa shape index (κ2) is 5.69. The summed E-state index contributed by atoms with van der Waals surface area (Å²) in [7, 11) is 1.78. The first-order valence-corrected chi connectivity index (χ1v) is 5.96. The van der Waals surface area contributed by atoms with E-state index in [0.717, 1.165) is 11.3 Å². The molecule has 0 radical (unpaired) electrons. The van der Waals surface area contributed by atoms with Gasteiger partial charge in [-0.1, -0.05) is 23.7 Å². The van der Waals surface area contributed by atoms with E-state index in [1.54, 1.807) is 13.1 Å². The van der Waals surface area contributed by atoms with Crippen LogP contribution in [0.5, 0.6) is 5.88 Å². The highest BCUT2D eigenvalue weighted by atomic mass is 35.5. The van der Waals surface area contributed by atoms with Crippen molar-refractivity contribution in [3.05, 3.63) is 46.6 Å². The highest BCUT2D eigenvalue weighted by Gasteiger charge is 2.02. The van der Waals surface area contributed by atoms with E-state index >= 15 is 0 Å². The van der Waals surface area contributed by atoms with Crippen molar-refractivity contribution in [2.24, 2.45) is 0 Å². The van der Waals surface area contributed by atoms with Gasteiger partial charge in [0.25, 0.3) is 0 Å². The summed E-state index contributed by atoms with van der Waals surface area (Å²) >= 11 is 5.82. The van der Waals surface area contributed by atoms with Gasteiger partial charge < -0.3 is 10.1 Å². The van der Waals surface area contributed by atoms with Gasteiger partial charge >= 0.3 is 0 Å². The molecule has 1 aromatic heterocycles. The van der Waals surface area contributed by atoms with E-state index in [4.69, 9.17) is 16.3 Å². The minimum absolute atomic E-state index is 0.455. The fourth-order valence-corrected chi connectivity index (χ4v) is 1.59. The minimum Gasteiger partial charge on any atom is -0.473 e. The smallest absolute Gasteiger partial charge is 0.225 e. The summed E-state index contributed by atoms with van der Waals surface area (Å²) in [5.74, 6) is 1.11. The van der Waals surface area contributed by atoms with Crippen molar-refractivity contribution in [3.63, 3.8) is 0 Å². The number of nitrogens with one attached hydrogen (secondary N) is 1. The van der Waals surface area contributed by atoms with Crippen LogP contribution in [0.25, 0.3) is 0 Å². The van der Waals surface area contributed by atoms with Crippen molar-refractivity contribution in [2.45, 2.75) is 13.5 Å². The normalized spacial score (nSPS) is 10.2. The maximum Gasteiger partial charge on any atom is 0.225 e. The Labute approximate surface area is 111 Å². The first-order valence-electron chi connectivity index (χ1n) is 5.58. The van der Waals surface area contributed by atoms with E-state index in [-0.39, 0.29) is 0 Å². The van der Waals surface area contributed by atoms with Crippen molar-refractivity contribution < 1.29 is 4.74 Å². The van der Waals surface area contributed by atoms with Crippen LogP contribution in [0.2, 0.25) is 5.02 Å². The second-order valence-corrected chi connectivity index (χ2v) is 4.27. The zero-order valence-electron chi connectivity index (χ0n) is 10.3. The molecule has 1 aromatic carbocycles. The number of halogens is 1. The third-order valence-corrected chi connectivity index (χ3v) is 2.61. The summed E-state index contributed by atoms with van der Waals surface area (Å²) in [4.78, 5) is 8.41. The van der Waals surface area contributed by atoms with Crippen LogP contribution in [0.15, 0.2) is 30.3 Å². The van der Waals surface area contributed by atoms with E-state index in [1.165, 1.54) is 0 Å². The van der Waals surface area contributed by atoms with E-state index in [1.807, 2.05) is 31.2 Å². The lowest BCUT2D eigenvalue weighted by atomic mass is 10.2. The molecule has 18 heavy (non-hydrogen) atoms. The number of aromatic nitrogens is 2. The van der Waals surface area contributed by atoms with Crippen LogP contribution >= 0.6 is 11.6 Å². The van der Waals surface area contributed by atoms with E-state index < -0.39 is 0 Å². The van der Waals surface area contributed by atoms with Crippen molar-refractivity contribution >= 4 is 17.5 Å². The third-order valence-electron chi connectivity index (χ3n) is 2.35. The lowest BCUT2D eigenvalue weighted by molar-refractivity contribution is 0.293. The molecule has 0 spiro atoms. The van der Waals surface area contributed by atoms with Gasteiger partial charge in [-0.25, -0.2) is 4.98 Å². The molecule has 0 saturated heterocycles. The number of anilines is 1. The molecule has 0 bridgehead atoms. The fraction of sp³-hybridized carbons (Fsp3) is 0.231. The molecule has 0 aliphatic heterocycles. The zero-order chi connectivity index (χ0) is 13.0. The van der Waals surface area contributed by atoms with Gasteiger partial charge in [-0.2, -0.15) is 4.98 Å². The molecule has 0 atom stereocenters. The van der Waals surface area contributed by atoms with E-state index in [0.29, 0.717) is 23.5 Å². The quantitative estimate of drug-likeness (QED) is 0.921. The summed E-state index contributed by atoms with van der Waals surface area (Å²) in [5.41, 5.74) is 1.90. The standard InChI is InChI=1S/C13H14ClN3O/c1-9-7-12(17-13(15-2)16-9)18-8-10-3-5-11(14)6-4-10/h3-7H,8H2,1-2H3,(H,15,16,17). The van der Waals surface area contributed by atoms with Crippen molar-refractivity contribution in [1.29, 1.82) is 0 Å². The monoisotopic (exact) mass is 263 g/mol. The van der Waals surface area contributed by atoms with Gasteiger partial charge in [0, 0.05) is 23.8 Å². The van der Waals surface area contributed by atoms with Crippen LogP contribution in [0, 0.1) is 6.92 Å². The molecule has 0 saturated carbocycles. The van der Waals surface area contributed by atoms with Gasteiger partial charge in [0.15, 0.2) is 0 Å². The predicted molar refractivity (Wildman–Crippen MR) is 72.1 cm³/mol. The number of ether oxygens (including phenoxy) is 1. The number of hydrogen-bond acceptors (Lipinski definition) is 4. The number of nitrogens with zero attached hydrogens (tertiary/aromatic N) is 2. The van der Waals surface area contributed by atoms with Crippen molar-refractivity contribution in [3.8, 4) is 5.88 Å². The molecule has 0 fully saturated rings.